The highest BCUT2D eigenvalue weighted by Gasteiger charge is 2.11. The summed E-state index contributed by atoms with van der Waals surface area (Å²) in [5.74, 6) is 0. The van der Waals surface area contributed by atoms with Crippen LogP contribution in [0.4, 0.5) is 0 Å². The Labute approximate surface area is 62.2 Å². The highest BCUT2D eigenvalue weighted by atomic mass is 32.3. The van der Waals surface area contributed by atoms with Crippen molar-refractivity contribution in [2.75, 3.05) is 0 Å². The maximum atomic E-state index is 10.3. The molecule has 0 saturated heterocycles. The van der Waals surface area contributed by atoms with E-state index in [-0.39, 0.29) is 0 Å². The lowest BCUT2D eigenvalue weighted by atomic mass is 11.5. The van der Waals surface area contributed by atoms with Crippen molar-refractivity contribution in [3.8, 4) is 12.4 Å². The third kappa shape index (κ3) is 4.92. The average Bonchev–Trinajstić information content (AvgIpc) is 1.97. The fourth-order valence-corrected chi connectivity index (χ4v) is 0.469. The second-order valence-electron chi connectivity index (χ2n) is 1.00. The van der Waals surface area contributed by atoms with Gasteiger partial charge in [0.1, 0.15) is 0 Å². The molecule has 60 valence electrons. The van der Waals surface area contributed by atoms with Crippen molar-refractivity contribution < 1.29 is 17.0 Å². The molecule has 0 aliphatic heterocycles. The first-order valence-corrected chi connectivity index (χ1v) is 3.36. The van der Waals surface area contributed by atoms with Crippen molar-refractivity contribution in [2.24, 2.45) is 0 Å². The highest BCUT2D eigenvalue weighted by Crippen LogP contribution is 1.86. The molecule has 0 radical (unpaired) electrons. The summed E-state index contributed by atoms with van der Waals surface area (Å²) in [5.41, 5.74) is 2.68. The van der Waals surface area contributed by atoms with E-state index in [1.807, 2.05) is 0 Å². The van der Waals surface area contributed by atoms with E-state index in [0.717, 1.165) is 12.4 Å². The quantitative estimate of drug-likeness (QED) is 0.294. The third-order valence-electron chi connectivity index (χ3n) is 0.379. The number of nitrogens with one attached hydrogen (secondary N) is 2. The minimum Gasteiger partial charge on any atom is -0.181 e. The Morgan fingerprint density at radius 1 is 1.09 bits per heavy atom. The predicted octanol–water partition coefficient (Wildman–Crippen LogP) is -1.76. The van der Waals surface area contributed by atoms with Crippen LogP contribution in [0.3, 0.4) is 0 Å². The summed E-state index contributed by atoms with van der Waals surface area (Å²) >= 11 is 0. The molecule has 8 nitrogen and oxygen atoms in total. The number of nitrogens with zero attached hydrogens (tertiary/aromatic N) is 2. The average molecular weight is 178 g/mol. The van der Waals surface area contributed by atoms with Gasteiger partial charge in [-0.1, -0.05) is 0 Å². The van der Waals surface area contributed by atoms with E-state index in [1.54, 1.807) is 0 Å². The number of rotatable bonds is 4. The van der Waals surface area contributed by atoms with Crippen LogP contribution in [-0.4, -0.2) is 8.42 Å². The van der Waals surface area contributed by atoms with Gasteiger partial charge in [0.2, 0.25) is 12.4 Å². The summed E-state index contributed by atoms with van der Waals surface area (Å²) in [6, 6.07) is 0. The minimum atomic E-state index is -4.37. The van der Waals surface area contributed by atoms with Crippen molar-refractivity contribution in [3.63, 3.8) is 0 Å². The Kier molecular flexibility index (Phi) is 3.69. The summed E-state index contributed by atoms with van der Waals surface area (Å²) in [6.07, 6.45) is 2.32. The summed E-state index contributed by atoms with van der Waals surface area (Å²) in [4.78, 5) is 0. The second kappa shape index (κ2) is 4.29. The van der Waals surface area contributed by atoms with E-state index >= 15 is 0 Å². The van der Waals surface area contributed by atoms with E-state index in [0.29, 0.717) is 0 Å². The van der Waals surface area contributed by atoms with Crippen molar-refractivity contribution in [1.29, 1.82) is 10.5 Å². The number of hydroxylamine groups is 2. The number of hydrogen-bond donors (Lipinski definition) is 2. The van der Waals surface area contributed by atoms with Gasteiger partial charge in [-0.25, -0.2) is 0 Å². The first-order valence-electron chi connectivity index (χ1n) is 2.02. The molecule has 9 heteroatoms. The van der Waals surface area contributed by atoms with Crippen molar-refractivity contribution in [1.82, 2.24) is 11.0 Å². The van der Waals surface area contributed by atoms with Gasteiger partial charge in [0.15, 0.2) is 0 Å². The van der Waals surface area contributed by atoms with Crippen LogP contribution in [0.15, 0.2) is 0 Å². The van der Waals surface area contributed by atoms with Gasteiger partial charge in [-0.05, 0) is 0 Å². The molecule has 0 unspecified atom stereocenters. The van der Waals surface area contributed by atoms with E-state index < -0.39 is 10.4 Å². The van der Waals surface area contributed by atoms with Crippen LogP contribution in [0.1, 0.15) is 0 Å². The van der Waals surface area contributed by atoms with Crippen LogP contribution in [0.25, 0.3) is 0 Å². The maximum absolute atomic E-state index is 10.3. The lowest BCUT2D eigenvalue weighted by molar-refractivity contribution is 0.154. The first-order chi connectivity index (χ1) is 5.12. The molecule has 0 aromatic heterocycles. The van der Waals surface area contributed by atoms with Gasteiger partial charge >= 0.3 is 10.4 Å². The fourth-order valence-electron chi connectivity index (χ4n) is 0.156. The molecule has 0 atom stereocenters. The maximum Gasteiger partial charge on any atom is 0.443 e. The molecule has 0 aliphatic rings. The lowest BCUT2D eigenvalue weighted by Gasteiger charge is -1.97. The van der Waals surface area contributed by atoms with E-state index in [2.05, 4.69) is 8.57 Å². The molecule has 0 amide bonds. The number of nitriles is 2. The second-order valence-corrected chi connectivity index (χ2v) is 2.15. The van der Waals surface area contributed by atoms with Gasteiger partial charge in [0.25, 0.3) is 0 Å². The Hall–Kier alpha value is -1.55. The zero-order valence-electron chi connectivity index (χ0n) is 4.94. The summed E-state index contributed by atoms with van der Waals surface area (Å²) < 4.78 is 27.8. The van der Waals surface area contributed by atoms with Crippen LogP contribution in [-0.2, 0) is 19.0 Å². The zero-order chi connectivity index (χ0) is 8.74. The standard InChI is InChI=1S/C2H2N4O4S/c3-1-5-9-11(7,8)10-6-2-4/h5-6H. The van der Waals surface area contributed by atoms with Crippen LogP contribution in [0.5, 0.6) is 0 Å². The number of hydrogen-bond acceptors (Lipinski definition) is 8. The van der Waals surface area contributed by atoms with E-state index in [1.165, 1.54) is 11.0 Å². The molecular weight excluding hydrogens is 176 g/mol. The largest absolute Gasteiger partial charge is 0.443 e. The molecule has 0 aliphatic carbocycles. The van der Waals surface area contributed by atoms with Gasteiger partial charge in [-0.2, -0.15) is 29.9 Å². The van der Waals surface area contributed by atoms with Crippen LogP contribution < -0.4 is 11.0 Å². The summed E-state index contributed by atoms with van der Waals surface area (Å²) in [7, 11) is -4.37. The molecule has 2 N–H and O–H groups in total. The minimum absolute atomic E-state index is 1.16. The third-order valence-corrected chi connectivity index (χ3v) is 0.954. The predicted molar refractivity (Wildman–Crippen MR) is 28.6 cm³/mol. The molecule has 0 heterocycles. The lowest BCUT2D eigenvalue weighted by Crippen LogP contribution is -2.22. The molecule has 0 fully saturated rings. The monoisotopic (exact) mass is 178 g/mol. The van der Waals surface area contributed by atoms with Gasteiger partial charge in [-0.3, -0.25) is 0 Å². The van der Waals surface area contributed by atoms with Crippen molar-refractivity contribution >= 4 is 10.4 Å². The van der Waals surface area contributed by atoms with E-state index in [4.69, 9.17) is 10.5 Å². The van der Waals surface area contributed by atoms with Gasteiger partial charge in [0, 0.05) is 0 Å². The van der Waals surface area contributed by atoms with Crippen molar-refractivity contribution in [3.05, 3.63) is 0 Å². The van der Waals surface area contributed by atoms with Crippen molar-refractivity contribution in [2.45, 2.75) is 0 Å². The molecule has 0 rings (SSSR count). The first kappa shape index (κ1) is 9.45. The highest BCUT2D eigenvalue weighted by molar-refractivity contribution is 7.81. The van der Waals surface area contributed by atoms with E-state index in [9.17, 15) is 8.42 Å². The molecule has 0 spiro atoms. The Morgan fingerprint density at radius 3 is 1.73 bits per heavy atom. The topological polar surface area (TPSA) is 124 Å². The van der Waals surface area contributed by atoms with Gasteiger partial charge in [-0.15, -0.1) is 8.57 Å². The molecule has 0 saturated carbocycles. The summed E-state index contributed by atoms with van der Waals surface area (Å²) in [5, 5.41) is 15.5. The molecule has 0 bridgehead atoms. The van der Waals surface area contributed by atoms with Gasteiger partial charge in [0.05, 0.1) is 0 Å². The molecule has 0 aromatic carbocycles. The molecular formula is C2H2N4O4S. The smallest absolute Gasteiger partial charge is 0.181 e. The normalized spacial score (nSPS) is 9.27. The van der Waals surface area contributed by atoms with Gasteiger partial charge < -0.3 is 0 Å². The Balaban J connectivity index is 3.86. The Bertz CT molecular complexity index is 258. The molecule has 11 heavy (non-hydrogen) atoms. The van der Waals surface area contributed by atoms with Crippen LogP contribution in [0, 0.1) is 22.9 Å². The fraction of sp³-hybridized carbons (Fsp3) is 0. The molecule has 0 aromatic rings. The SMILES string of the molecule is N#CNOS(=O)(=O)ONC#N. The zero-order valence-corrected chi connectivity index (χ0v) is 5.75. The Morgan fingerprint density at radius 2 is 1.45 bits per heavy atom. The van der Waals surface area contributed by atoms with Crippen LogP contribution in [0.2, 0.25) is 0 Å². The summed E-state index contributed by atoms with van der Waals surface area (Å²) in [6.45, 7) is 0. The van der Waals surface area contributed by atoms with Crippen LogP contribution >= 0.6 is 0 Å².